The molecule has 10 heavy (non-hydrogen) atoms. The van der Waals surface area contributed by atoms with Crippen LogP contribution in [0.5, 0.6) is 0 Å². The van der Waals surface area contributed by atoms with E-state index in [9.17, 15) is 0 Å². The lowest BCUT2D eigenvalue weighted by Gasteiger charge is -1.87. The minimum absolute atomic E-state index is 0.913. The van der Waals surface area contributed by atoms with Gasteiger partial charge in [0, 0.05) is 6.42 Å². The zero-order chi connectivity index (χ0) is 7.66. The van der Waals surface area contributed by atoms with E-state index in [4.69, 9.17) is 6.42 Å². The van der Waals surface area contributed by atoms with Crippen LogP contribution in [-0.2, 0) is 0 Å². The average Bonchev–Trinajstić information content (AvgIpc) is 1.97. The standard InChI is InChI=1S/C10H16/c1-3-5-7-9-10-8-6-4-2/h1,8,10H,4-7,9H2,2H3. The number of hydrogen-bond donors (Lipinski definition) is 0. The van der Waals surface area contributed by atoms with Gasteiger partial charge in [0.2, 0.25) is 0 Å². The maximum Gasteiger partial charge on any atom is 0.00890 e. The Balaban J connectivity index is 2.96. The molecule has 0 unspecified atom stereocenters. The van der Waals surface area contributed by atoms with E-state index in [2.05, 4.69) is 25.0 Å². The van der Waals surface area contributed by atoms with Gasteiger partial charge in [0.1, 0.15) is 0 Å². The van der Waals surface area contributed by atoms with Crippen molar-refractivity contribution < 1.29 is 0 Å². The highest BCUT2D eigenvalue weighted by Crippen LogP contribution is 1.96. The zero-order valence-electron chi connectivity index (χ0n) is 6.77. The molecule has 0 aliphatic carbocycles. The van der Waals surface area contributed by atoms with Crippen LogP contribution in [0, 0.1) is 12.3 Å². The second kappa shape index (κ2) is 8.30. The monoisotopic (exact) mass is 136 g/mol. The third kappa shape index (κ3) is 7.30. The number of allylic oxidation sites excluding steroid dienone is 2. The van der Waals surface area contributed by atoms with Crippen molar-refractivity contribution in [1.29, 1.82) is 0 Å². The maximum atomic E-state index is 5.10. The van der Waals surface area contributed by atoms with Gasteiger partial charge in [-0.1, -0.05) is 25.5 Å². The van der Waals surface area contributed by atoms with Gasteiger partial charge >= 0.3 is 0 Å². The van der Waals surface area contributed by atoms with Crippen LogP contribution in [0.3, 0.4) is 0 Å². The summed E-state index contributed by atoms with van der Waals surface area (Å²) in [5, 5.41) is 0. The third-order valence-corrected chi connectivity index (χ3v) is 1.31. The molecule has 0 aromatic heterocycles. The fourth-order valence-electron chi connectivity index (χ4n) is 0.724. The highest BCUT2D eigenvalue weighted by molar-refractivity contribution is 4.86. The summed E-state index contributed by atoms with van der Waals surface area (Å²) in [5.74, 6) is 2.62. The number of hydrogen-bond acceptors (Lipinski definition) is 0. The van der Waals surface area contributed by atoms with E-state index >= 15 is 0 Å². The number of terminal acetylenes is 1. The Morgan fingerprint density at radius 1 is 1.30 bits per heavy atom. The van der Waals surface area contributed by atoms with Crippen LogP contribution >= 0.6 is 0 Å². The van der Waals surface area contributed by atoms with Crippen LogP contribution in [0.2, 0.25) is 0 Å². The fraction of sp³-hybridized carbons (Fsp3) is 0.600. The van der Waals surface area contributed by atoms with Gasteiger partial charge in [-0.05, 0) is 19.3 Å². The Morgan fingerprint density at radius 2 is 2.00 bits per heavy atom. The summed E-state index contributed by atoms with van der Waals surface area (Å²) in [6.07, 6.45) is 15.2. The molecule has 56 valence electrons. The van der Waals surface area contributed by atoms with Gasteiger partial charge in [0.25, 0.3) is 0 Å². The summed E-state index contributed by atoms with van der Waals surface area (Å²) in [7, 11) is 0. The molecule has 0 spiro atoms. The molecule has 0 heteroatoms. The van der Waals surface area contributed by atoms with E-state index < -0.39 is 0 Å². The van der Waals surface area contributed by atoms with Crippen LogP contribution in [0.1, 0.15) is 39.0 Å². The number of rotatable bonds is 5. The molecule has 0 saturated heterocycles. The average molecular weight is 136 g/mol. The van der Waals surface area contributed by atoms with Crippen molar-refractivity contribution in [3.05, 3.63) is 12.2 Å². The van der Waals surface area contributed by atoms with Crippen molar-refractivity contribution in [3.63, 3.8) is 0 Å². The lowest BCUT2D eigenvalue weighted by Crippen LogP contribution is -1.68. The van der Waals surface area contributed by atoms with E-state index in [1.54, 1.807) is 0 Å². The summed E-state index contributed by atoms with van der Waals surface area (Å²) in [6, 6.07) is 0. The van der Waals surface area contributed by atoms with E-state index in [1.165, 1.54) is 12.8 Å². The maximum absolute atomic E-state index is 5.10. The second-order valence-corrected chi connectivity index (χ2v) is 2.36. The van der Waals surface area contributed by atoms with Crippen molar-refractivity contribution >= 4 is 0 Å². The molecule has 0 aliphatic heterocycles. The minimum Gasteiger partial charge on any atom is -0.120 e. The van der Waals surface area contributed by atoms with Crippen molar-refractivity contribution in [2.45, 2.75) is 39.0 Å². The SMILES string of the molecule is C#CCCCC=CCCC. The first-order valence-corrected chi connectivity index (χ1v) is 4.00. The molecule has 0 aromatic rings. The van der Waals surface area contributed by atoms with E-state index in [0.29, 0.717) is 0 Å². The molecule has 0 amide bonds. The summed E-state index contributed by atoms with van der Waals surface area (Å²) < 4.78 is 0. The highest BCUT2D eigenvalue weighted by Gasteiger charge is 1.78. The van der Waals surface area contributed by atoms with Gasteiger partial charge in [0.05, 0.1) is 0 Å². The van der Waals surface area contributed by atoms with Crippen molar-refractivity contribution in [2.24, 2.45) is 0 Å². The Labute approximate surface area is 64.3 Å². The molecular weight excluding hydrogens is 120 g/mol. The molecule has 0 rings (SSSR count). The summed E-state index contributed by atoms with van der Waals surface area (Å²) in [6.45, 7) is 2.19. The molecule has 0 aromatic carbocycles. The number of unbranched alkanes of at least 4 members (excludes halogenated alkanes) is 3. The Hall–Kier alpha value is -0.700. The van der Waals surface area contributed by atoms with Crippen LogP contribution < -0.4 is 0 Å². The summed E-state index contributed by atoms with van der Waals surface area (Å²) >= 11 is 0. The van der Waals surface area contributed by atoms with E-state index in [0.717, 1.165) is 19.3 Å². The van der Waals surface area contributed by atoms with Crippen molar-refractivity contribution in [3.8, 4) is 12.3 Å². The Kier molecular flexibility index (Phi) is 7.72. The molecule has 0 saturated carbocycles. The first-order chi connectivity index (χ1) is 4.91. The summed E-state index contributed by atoms with van der Waals surface area (Å²) in [5.41, 5.74) is 0. The van der Waals surface area contributed by atoms with Gasteiger partial charge < -0.3 is 0 Å². The minimum atomic E-state index is 0.913. The van der Waals surface area contributed by atoms with Crippen LogP contribution in [-0.4, -0.2) is 0 Å². The van der Waals surface area contributed by atoms with E-state index in [1.807, 2.05) is 0 Å². The first kappa shape index (κ1) is 9.30. The Bertz CT molecular complexity index is 114. The van der Waals surface area contributed by atoms with Gasteiger partial charge in [-0.15, -0.1) is 12.3 Å². The second-order valence-electron chi connectivity index (χ2n) is 2.36. The van der Waals surface area contributed by atoms with Gasteiger partial charge in [0.15, 0.2) is 0 Å². The van der Waals surface area contributed by atoms with Crippen LogP contribution in [0.25, 0.3) is 0 Å². The largest absolute Gasteiger partial charge is 0.120 e. The predicted molar refractivity (Wildman–Crippen MR) is 46.7 cm³/mol. The van der Waals surface area contributed by atoms with Crippen LogP contribution in [0.4, 0.5) is 0 Å². The lowest BCUT2D eigenvalue weighted by molar-refractivity contribution is 0.873. The third-order valence-electron chi connectivity index (χ3n) is 1.31. The summed E-state index contributed by atoms with van der Waals surface area (Å²) in [4.78, 5) is 0. The Morgan fingerprint density at radius 3 is 2.60 bits per heavy atom. The normalized spacial score (nSPS) is 10.0. The molecule has 0 radical (unpaired) electrons. The molecule has 0 aliphatic rings. The van der Waals surface area contributed by atoms with Gasteiger partial charge in [-0.3, -0.25) is 0 Å². The molecule has 0 heterocycles. The van der Waals surface area contributed by atoms with E-state index in [-0.39, 0.29) is 0 Å². The van der Waals surface area contributed by atoms with Crippen LogP contribution in [0.15, 0.2) is 12.2 Å². The quantitative estimate of drug-likeness (QED) is 0.309. The zero-order valence-corrected chi connectivity index (χ0v) is 6.77. The lowest BCUT2D eigenvalue weighted by atomic mass is 10.2. The van der Waals surface area contributed by atoms with Crippen molar-refractivity contribution in [2.75, 3.05) is 0 Å². The molecular formula is C10H16. The highest BCUT2D eigenvalue weighted by atomic mass is 13.8. The smallest absolute Gasteiger partial charge is 0.00890 e. The van der Waals surface area contributed by atoms with Gasteiger partial charge in [-0.2, -0.15) is 0 Å². The fourth-order valence-corrected chi connectivity index (χ4v) is 0.724. The molecule has 0 nitrogen and oxygen atoms in total. The predicted octanol–water partition coefficient (Wildman–Crippen LogP) is 3.15. The molecule has 0 bridgehead atoms. The van der Waals surface area contributed by atoms with Crippen molar-refractivity contribution in [1.82, 2.24) is 0 Å². The molecule has 0 N–H and O–H groups in total. The van der Waals surface area contributed by atoms with Gasteiger partial charge in [-0.25, -0.2) is 0 Å². The topological polar surface area (TPSA) is 0 Å². The molecule has 0 atom stereocenters. The molecule has 0 fully saturated rings. The first-order valence-electron chi connectivity index (χ1n) is 4.00.